The van der Waals surface area contributed by atoms with E-state index in [1.807, 2.05) is 19.1 Å². The van der Waals surface area contributed by atoms with Gasteiger partial charge in [-0.15, -0.1) is 0 Å². The SMILES string of the molecule is [2H]CF.[C-]#[N+]c1ccc(C[C@@H](C(=O)NCC(=O)c2ccc(C#N)cc2)[C@@H](C)O)cc1Cl.[C-]#[N+]c1ccc(C[C@@H](C(=O)NCC(=O)c2ccc(C#N)cc2)[C@@H](C)O[Si](C)(C)C(C)(C)C)cc1Cl. The Labute approximate surface area is 393 Å². The Morgan fingerprint density at radius 3 is 1.46 bits per heavy atom. The zero-order valence-electron chi connectivity index (χ0n) is 38.3. The molecule has 16 heteroatoms. The van der Waals surface area contributed by atoms with Crippen molar-refractivity contribution in [3.8, 4) is 12.1 Å². The van der Waals surface area contributed by atoms with Gasteiger partial charge in [0.25, 0.3) is 0 Å². The molecule has 0 radical (unpaired) electrons. The number of rotatable bonds is 16. The first-order valence-electron chi connectivity index (χ1n) is 20.9. The highest BCUT2D eigenvalue weighted by atomic mass is 35.5. The standard InChI is InChI=1S/C27H32ClN3O3Si.C21H18ClN3O3.CH3F/c1-18(34-35(6,7)27(2,3)4)22(14-20-10-13-24(30-5)23(28)15-20)26(33)31-17-25(32)21-11-8-19(16-29)9-12-21;1-13(26)17(9-15-5-8-19(24-2)18(22)10-15)21(28)25-12-20(27)16-6-3-14(11-23)4-7-16;1-2/h8-13,15,18,22H,14,17H2,1-4,6-7H3,(H,31,33);3-8,10,13,17,26H,9,12H2,1H3,(H,25,28);1H3/t18-,22-;13-,17-;/m11./s1/i;;1D. The highest BCUT2D eigenvalue weighted by Gasteiger charge is 2.41. The summed E-state index contributed by atoms with van der Waals surface area (Å²) >= 11 is 12.2. The summed E-state index contributed by atoms with van der Waals surface area (Å²) in [6.45, 7) is 27.9. The quantitative estimate of drug-likeness (QED) is 0.0564. The number of hydrogen-bond donors (Lipinski definition) is 3. The lowest BCUT2D eigenvalue weighted by Crippen LogP contribution is -2.48. The molecular weight excluding hydrogens is 887 g/mol. The van der Waals surface area contributed by atoms with Gasteiger partial charge in [-0.05, 0) is 80.2 Å². The number of ketones is 2. The summed E-state index contributed by atoms with van der Waals surface area (Å²) in [5.41, 5.74) is 3.90. The number of nitriles is 2. The normalized spacial score (nSPS) is 12.8. The Hall–Kier alpha value is -6.23. The van der Waals surface area contributed by atoms with Crippen molar-refractivity contribution in [1.82, 2.24) is 10.6 Å². The molecule has 4 aromatic rings. The van der Waals surface area contributed by atoms with E-state index in [2.05, 4.69) is 54.2 Å². The number of carbonyl (C=O) groups excluding carboxylic acids is 4. The Morgan fingerprint density at radius 1 is 0.769 bits per heavy atom. The predicted molar refractivity (Wildman–Crippen MR) is 253 cm³/mol. The molecule has 0 saturated carbocycles. The van der Waals surface area contributed by atoms with E-state index in [1.165, 1.54) is 31.2 Å². The summed E-state index contributed by atoms with van der Waals surface area (Å²) in [6.07, 6.45) is -0.776. The van der Waals surface area contributed by atoms with Crippen molar-refractivity contribution in [1.29, 1.82) is 10.5 Å². The average molecular weight is 941 g/mol. The summed E-state index contributed by atoms with van der Waals surface area (Å²) < 4.78 is 22.0. The van der Waals surface area contributed by atoms with E-state index in [4.69, 9.17) is 52.7 Å². The van der Waals surface area contributed by atoms with E-state index in [9.17, 15) is 28.7 Å². The van der Waals surface area contributed by atoms with E-state index in [0.717, 1.165) is 5.56 Å². The van der Waals surface area contributed by atoms with Crippen LogP contribution in [0.15, 0.2) is 84.9 Å². The smallest absolute Gasteiger partial charge is 0.226 e. The third-order valence-electron chi connectivity index (χ3n) is 10.8. The van der Waals surface area contributed by atoms with Gasteiger partial charge in [0.15, 0.2) is 19.9 Å². The molecule has 340 valence electrons. The highest BCUT2D eigenvalue weighted by Crippen LogP contribution is 2.38. The third kappa shape index (κ3) is 16.7. The van der Waals surface area contributed by atoms with Crippen LogP contribution in [-0.4, -0.2) is 69.3 Å². The number of halogens is 3. The molecule has 65 heavy (non-hydrogen) atoms. The zero-order valence-corrected chi connectivity index (χ0v) is 39.9. The third-order valence-corrected chi connectivity index (χ3v) is 16.0. The minimum atomic E-state index is -2.17. The van der Waals surface area contributed by atoms with Crippen molar-refractivity contribution in [3.05, 3.63) is 151 Å². The van der Waals surface area contributed by atoms with Crippen LogP contribution < -0.4 is 10.6 Å². The topological polar surface area (TPSA) is 178 Å². The van der Waals surface area contributed by atoms with Crippen LogP contribution in [0.1, 0.15) is 79.0 Å². The van der Waals surface area contributed by atoms with Gasteiger partial charge in [0.05, 0.1) is 82.1 Å². The molecule has 0 aliphatic heterocycles. The van der Waals surface area contributed by atoms with Crippen molar-refractivity contribution < 1.29 is 34.5 Å². The molecule has 4 rings (SSSR count). The molecule has 12 nitrogen and oxygen atoms in total. The van der Waals surface area contributed by atoms with Crippen LogP contribution in [0.4, 0.5) is 15.8 Å². The van der Waals surface area contributed by atoms with Gasteiger partial charge in [0.1, 0.15) is 0 Å². The fourth-order valence-corrected chi connectivity index (χ4v) is 7.92. The lowest BCUT2D eigenvalue weighted by atomic mass is 9.93. The van der Waals surface area contributed by atoms with Gasteiger partial charge < -0.3 is 20.2 Å². The molecular formula is C49H53Cl2FN6O6Si. The molecule has 4 atom stereocenters. The van der Waals surface area contributed by atoms with E-state index in [-0.39, 0.29) is 47.0 Å². The molecule has 0 heterocycles. The maximum Gasteiger partial charge on any atom is 0.226 e. The van der Waals surface area contributed by atoms with Crippen LogP contribution in [0.2, 0.25) is 28.2 Å². The number of benzene rings is 4. The zero-order chi connectivity index (χ0) is 49.8. The minimum absolute atomic E-state index is 0.0333. The molecule has 0 saturated heterocycles. The molecule has 0 aliphatic carbocycles. The van der Waals surface area contributed by atoms with Gasteiger partial charge in [-0.3, -0.25) is 23.6 Å². The van der Waals surface area contributed by atoms with Gasteiger partial charge in [0.2, 0.25) is 23.2 Å². The average Bonchev–Trinajstić information content (AvgIpc) is 3.28. The number of aliphatic hydroxyl groups excluding tert-OH is 1. The van der Waals surface area contributed by atoms with Crippen LogP contribution in [0.5, 0.6) is 0 Å². The second kappa shape index (κ2) is 25.9. The van der Waals surface area contributed by atoms with Gasteiger partial charge in [-0.25, -0.2) is 9.69 Å². The van der Waals surface area contributed by atoms with E-state index >= 15 is 0 Å². The highest BCUT2D eigenvalue weighted by molar-refractivity contribution is 6.74. The van der Waals surface area contributed by atoms with Crippen LogP contribution >= 0.6 is 23.2 Å². The fourth-order valence-electron chi connectivity index (χ4n) is 5.98. The second-order valence-electron chi connectivity index (χ2n) is 16.4. The van der Waals surface area contributed by atoms with E-state index < -0.39 is 45.4 Å². The number of Topliss-reactive ketones (excluding diaryl/α,β-unsaturated/α-hetero) is 2. The van der Waals surface area contributed by atoms with E-state index in [0.29, 0.717) is 50.6 Å². The first-order valence-corrected chi connectivity index (χ1v) is 23.9. The van der Waals surface area contributed by atoms with Gasteiger partial charge >= 0.3 is 0 Å². The Kier molecular flexibility index (Phi) is 21.2. The number of amides is 2. The largest absolute Gasteiger partial charge is 0.413 e. The number of alkyl halides is 1. The van der Waals surface area contributed by atoms with Gasteiger partial charge in [0, 0.05) is 21.2 Å². The lowest BCUT2D eigenvalue weighted by molar-refractivity contribution is -0.128. The first kappa shape index (κ1) is 53.1. The molecule has 0 aromatic heterocycles. The maximum atomic E-state index is 13.3. The van der Waals surface area contributed by atoms with Crippen molar-refractivity contribution in [2.24, 2.45) is 11.8 Å². The first-order chi connectivity index (χ1) is 31.0. The molecule has 0 spiro atoms. The van der Waals surface area contributed by atoms with Crippen LogP contribution in [0.25, 0.3) is 9.69 Å². The molecule has 3 N–H and O–H groups in total. The molecule has 0 aliphatic rings. The molecule has 0 unspecified atom stereocenters. The summed E-state index contributed by atoms with van der Waals surface area (Å²) in [6, 6.07) is 26.4. The number of nitrogens with one attached hydrogen (secondary N) is 2. The summed E-state index contributed by atoms with van der Waals surface area (Å²) in [7, 11) is -3.17. The van der Waals surface area contributed by atoms with E-state index in [1.54, 1.807) is 60.7 Å². The fraction of sp³-hybridized carbons (Fsp3) is 0.347. The number of carbonyl (C=O) groups is 4. The Morgan fingerprint density at radius 2 is 1.14 bits per heavy atom. The van der Waals surface area contributed by atoms with Crippen molar-refractivity contribution >= 4 is 66.3 Å². The Bertz CT molecular complexity index is 2490. The van der Waals surface area contributed by atoms with Crippen molar-refractivity contribution in [2.45, 2.75) is 77.8 Å². The van der Waals surface area contributed by atoms with Crippen LogP contribution in [0.3, 0.4) is 0 Å². The summed E-state index contributed by atoms with van der Waals surface area (Å²) in [5, 5.41) is 33.6. The van der Waals surface area contributed by atoms with Crippen molar-refractivity contribution in [3.63, 3.8) is 0 Å². The number of hydrogen-bond acceptors (Lipinski definition) is 8. The van der Waals surface area contributed by atoms with Gasteiger partial charge in [-0.1, -0.05) is 105 Å². The molecule has 4 aromatic carbocycles. The maximum absolute atomic E-state index is 13.3. The minimum Gasteiger partial charge on any atom is -0.413 e. The predicted octanol–water partition coefficient (Wildman–Crippen LogP) is 10.2. The van der Waals surface area contributed by atoms with Crippen LogP contribution in [0, 0.1) is 47.6 Å². The molecule has 2 amide bonds. The molecule has 0 fully saturated rings. The Balaban J connectivity index is 0.000000437. The monoisotopic (exact) mass is 939 g/mol. The molecule has 0 bridgehead atoms. The lowest BCUT2D eigenvalue weighted by Gasteiger charge is -2.40. The van der Waals surface area contributed by atoms with Crippen LogP contribution in [-0.2, 0) is 26.9 Å². The number of aliphatic hydroxyl groups is 1. The summed E-state index contributed by atoms with van der Waals surface area (Å²) in [5.74, 6) is -2.63. The summed E-state index contributed by atoms with van der Waals surface area (Å²) in [4.78, 5) is 57.3. The number of nitrogens with zero attached hydrogens (tertiary/aromatic N) is 4. The van der Waals surface area contributed by atoms with Gasteiger partial charge in [-0.2, -0.15) is 10.5 Å². The van der Waals surface area contributed by atoms with Crippen molar-refractivity contribution in [2.75, 3.05) is 20.2 Å². The second-order valence-corrected chi connectivity index (χ2v) is 22.0.